The number of esters is 1. The molecule has 0 unspecified atom stereocenters. The molecule has 1 aromatic rings. The molecule has 0 saturated heterocycles. The standard InChI is InChI=1S/C15H18O5/c1-7(2)4-5-9-10-6-11(16)20-8(3)12(10)14(18)15(19)13(9)17/h4,8,17-19H,5-6H2,1-3H3/t8-/m0/s1. The second kappa shape index (κ2) is 5.07. The summed E-state index contributed by atoms with van der Waals surface area (Å²) in [7, 11) is 0. The number of benzene rings is 1. The molecular weight excluding hydrogens is 260 g/mol. The van der Waals surface area contributed by atoms with Gasteiger partial charge in [0, 0.05) is 11.1 Å². The lowest BCUT2D eigenvalue weighted by atomic mass is 9.89. The van der Waals surface area contributed by atoms with Gasteiger partial charge in [0.2, 0.25) is 5.75 Å². The number of hydrogen-bond acceptors (Lipinski definition) is 5. The molecule has 0 spiro atoms. The third kappa shape index (κ3) is 2.31. The average Bonchev–Trinajstić information content (AvgIpc) is 2.34. The summed E-state index contributed by atoms with van der Waals surface area (Å²) in [4.78, 5) is 11.6. The Labute approximate surface area is 117 Å². The van der Waals surface area contributed by atoms with E-state index >= 15 is 0 Å². The lowest BCUT2D eigenvalue weighted by molar-refractivity contribution is -0.149. The summed E-state index contributed by atoms with van der Waals surface area (Å²) >= 11 is 0. The lowest BCUT2D eigenvalue weighted by Gasteiger charge is -2.26. The number of fused-ring (bicyclic) bond motifs is 1. The first kappa shape index (κ1) is 14.2. The fraction of sp³-hybridized carbons (Fsp3) is 0.400. The summed E-state index contributed by atoms with van der Waals surface area (Å²) in [6.45, 7) is 5.46. The first-order chi connectivity index (χ1) is 9.32. The molecule has 20 heavy (non-hydrogen) atoms. The van der Waals surface area contributed by atoms with Gasteiger partial charge in [0.05, 0.1) is 6.42 Å². The molecule has 1 aliphatic rings. The van der Waals surface area contributed by atoms with Crippen LogP contribution in [-0.2, 0) is 22.4 Å². The van der Waals surface area contributed by atoms with E-state index in [4.69, 9.17) is 4.74 Å². The van der Waals surface area contributed by atoms with Crippen molar-refractivity contribution in [1.29, 1.82) is 0 Å². The molecule has 1 aromatic carbocycles. The topological polar surface area (TPSA) is 87.0 Å². The van der Waals surface area contributed by atoms with Crippen molar-refractivity contribution in [3.05, 3.63) is 28.3 Å². The van der Waals surface area contributed by atoms with E-state index in [-0.39, 0.29) is 12.2 Å². The van der Waals surface area contributed by atoms with E-state index < -0.39 is 23.6 Å². The number of carbonyl (C=O) groups is 1. The van der Waals surface area contributed by atoms with E-state index in [9.17, 15) is 20.1 Å². The zero-order valence-corrected chi connectivity index (χ0v) is 11.7. The van der Waals surface area contributed by atoms with Crippen molar-refractivity contribution in [2.24, 2.45) is 0 Å². The van der Waals surface area contributed by atoms with Crippen molar-refractivity contribution < 1.29 is 24.9 Å². The van der Waals surface area contributed by atoms with E-state index in [0.717, 1.165) is 5.57 Å². The minimum absolute atomic E-state index is 0.0208. The van der Waals surface area contributed by atoms with Crippen LogP contribution in [0.2, 0.25) is 0 Å². The van der Waals surface area contributed by atoms with Gasteiger partial charge >= 0.3 is 5.97 Å². The van der Waals surface area contributed by atoms with Gasteiger partial charge in [0.1, 0.15) is 6.10 Å². The van der Waals surface area contributed by atoms with Crippen molar-refractivity contribution in [3.8, 4) is 17.2 Å². The van der Waals surface area contributed by atoms with Gasteiger partial charge in [-0.05, 0) is 32.8 Å². The van der Waals surface area contributed by atoms with Gasteiger partial charge in [-0.3, -0.25) is 4.79 Å². The molecule has 1 heterocycles. The minimum atomic E-state index is -0.650. The number of phenols is 3. The molecule has 0 aliphatic carbocycles. The van der Waals surface area contributed by atoms with Crippen molar-refractivity contribution in [1.82, 2.24) is 0 Å². The van der Waals surface area contributed by atoms with E-state index in [1.807, 2.05) is 19.9 Å². The Morgan fingerprint density at radius 2 is 1.90 bits per heavy atom. The van der Waals surface area contributed by atoms with Crippen LogP contribution in [0.1, 0.15) is 43.6 Å². The highest BCUT2D eigenvalue weighted by Crippen LogP contribution is 2.48. The Bertz CT molecular complexity index is 597. The van der Waals surface area contributed by atoms with Gasteiger partial charge in [0.15, 0.2) is 11.5 Å². The number of rotatable bonds is 2. The van der Waals surface area contributed by atoms with Crippen LogP contribution in [0, 0.1) is 0 Å². The molecule has 1 aliphatic heterocycles. The molecule has 3 N–H and O–H groups in total. The first-order valence-electron chi connectivity index (χ1n) is 6.44. The number of ether oxygens (including phenoxy) is 1. The van der Waals surface area contributed by atoms with Crippen molar-refractivity contribution in [3.63, 3.8) is 0 Å². The molecule has 0 amide bonds. The van der Waals surface area contributed by atoms with E-state index in [2.05, 4.69) is 0 Å². The van der Waals surface area contributed by atoms with Crippen LogP contribution >= 0.6 is 0 Å². The fourth-order valence-corrected chi connectivity index (χ4v) is 2.44. The quantitative estimate of drug-likeness (QED) is 0.439. The van der Waals surface area contributed by atoms with Gasteiger partial charge in [-0.2, -0.15) is 0 Å². The Kier molecular flexibility index (Phi) is 3.61. The maximum atomic E-state index is 11.6. The van der Waals surface area contributed by atoms with Crippen LogP contribution in [0.3, 0.4) is 0 Å². The molecule has 0 radical (unpaired) electrons. The van der Waals surface area contributed by atoms with Crippen LogP contribution in [0.15, 0.2) is 11.6 Å². The van der Waals surface area contributed by atoms with Gasteiger partial charge in [0.25, 0.3) is 0 Å². The molecule has 108 valence electrons. The monoisotopic (exact) mass is 278 g/mol. The number of aromatic hydroxyl groups is 3. The fourth-order valence-electron chi connectivity index (χ4n) is 2.44. The smallest absolute Gasteiger partial charge is 0.310 e. The number of hydrogen-bond donors (Lipinski definition) is 3. The summed E-state index contributed by atoms with van der Waals surface area (Å²) in [6.07, 6.45) is 1.59. The van der Waals surface area contributed by atoms with Crippen molar-refractivity contribution in [2.75, 3.05) is 0 Å². The Morgan fingerprint density at radius 1 is 1.25 bits per heavy atom. The number of cyclic esters (lactones) is 1. The predicted molar refractivity (Wildman–Crippen MR) is 72.8 cm³/mol. The summed E-state index contributed by atoms with van der Waals surface area (Å²) in [5.41, 5.74) is 2.42. The third-order valence-electron chi connectivity index (χ3n) is 3.43. The Balaban J connectivity index is 2.67. The molecular formula is C15H18O5. The number of carbonyl (C=O) groups excluding carboxylic acids is 1. The number of phenolic OH excluding ortho intramolecular Hbond substituents is 3. The molecule has 2 rings (SSSR count). The van der Waals surface area contributed by atoms with Crippen LogP contribution in [0.5, 0.6) is 17.2 Å². The molecule has 5 heteroatoms. The van der Waals surface area contributed by atoms with Crippen LogP contribution in [0.25, 0.3) is 0 Å². The second-order valence-electron chi connectivity index (χ2n) is 5.21. The summed E-state index contributed by atoms with van der Waals surface area (Å²) < 4.78 is 5.06. The zero-order chi connectivity index (χ0) is 15.0. The minimum Gasteiger partial charge on any atom is -0.504 e. The summed E-state index contributed by atoms with van der Waals surface area (Å²) in [5, 5.41) is 29.8. The highest BCUT2D eigenvalue weighted by Gasteiger charge is 2.32. The normalized spacial score (nSPS) is 17.4. The van der Waals surface area contributed by atoms with Crippen LogP contribution in [-0.4, -0.2) is 21.3 Å². The molecule has 0 fully saturated rings. The zero-order valence-electron chi connectivity index (χ0n) is 11.7. The number of allylic oxidation sites excluding steroid dienone is 2. The van der Waals surface area contributed by atoms with Crippen molar-refractivity contribution >= 4 is 5.97 Å². The molecule has 1 atom stereocenters. The highest BCUT2D eigenvalue weighted by atomic mass is 16.5. The molecule has 0 aromatic heterocycles. The van der Waals surface area contributed by atoms with E-state index in [1.165, 1.54) is 0 Å². The summed E-state index contributed by atoms with van der Waals surface area (Å²) in [5.74, 6) is -1.77. The van der Waals surface area contributed by atoms with Crippen molar-refractivity contribution in [2.45, 2.75) is 39.7 Å². The van der Waals surface area contributed by atoms with Gasteiger partial charge in [-0.1, -0.05) is 11.6 Å². The molecule has 0 saturated carbocycles. The van der Waals surface area contributed by atoms with Gasteiger partial charge in [-0.15, -0.1) is 0 Å². The van der Waals surface area contributed by atoms with Gasteiger partial charge in [-0.25, -0.2) is 0 Å². The Morgan fingerprint density at radius 3 is 2.50 bits per heavy atom. The highest BCUT2D eigenvalue weighted by molar-refractivity contribution is 5.79. The molecule has 0 bridgehead atoms. The van der Waals surface area contributed by atoms with Gasteiger partial charge < -0.3 is 20.1 Å². The first-order valence-corrected chi connectivity index (χ1v) is 6.44. The van der Waals surface area contributed by atoms with E-state index in [1.54, 1.807) is 6.92 Å². The summed E-state index contributed by atoms with van der Waals surface area (Å²) in [6, 6.07) is 0. The third-order valence-corrected chi connectivity index (χ3v) is 3.43. The second-order valence-corrected chi connectivity index (χ2v) is 5.21. The van der Waals surface area contributed by atoms with Crippen LogP contribution in [0.4, 0.5) is 0 Å². The van der Waals surface area contributed by atoms with Crippen LogP contribution < -0.4 is 0 Å². The maximum absolute atomic E-state index is 11.6. The molecule has 5 nitrogen and oxygen atoms in total. The Hall–Kier alpha value is -2.17. The lowest BCUT2D eigenvalue weighted by Crippen LogP contribution is -2.21. The SMILES string of the molecule is CC(C)=CCc1c(O)c(O)c(O)c2c1CC(=O)O[C@H]2C. The maximum Gasteiger partial charge on any atom is 0.310 e. The van der Waals surface area contributed by atoms with E-state index in [0.29, 0.717) is 23.1 Å². The predicted octanol–water partition coefficient (Wildman–Crippen LogP) is 2.47. The average molecular weight is 278 g/mol. The largest absolute Gasteiger partial charge is 0.504 e.